The third kappa shape index (κ3) is 3.51. The molecular weight excluding hydrogens is 457 g/mol. The zero-order valence-corrected chi connectivity index (χ0v) is 17.9. The summed E-state index contributed by atoms with van der Waals surface area (Å²) in [5.41, 5.74) is 0.890. The highest BCUT2D eigenvalue weighted by Crippen LogP contribution is 2.37. The van der Waals surface area contributed by atoms with E-state index in [1.807, 2.05) is 0 Å². The van der Waals surface area contributed by atoms with Crippen LogP contribution in [0.3, 0.4) is 0 Å². The standard InChI is InChI=1S/C23H13Cl2NO6/c1-32-23(31)16-6-2-11(14-7-4-13(24)10-18(14)25)9-19(16)26-20(27)15-5-3-12(22(29)30)8-17(15)21(26)28/h2-10H,1H3,(H,29,30). The number of carboxylic acid groups (broad SMARTS) is 1. The van der Waals surface area contributed by atoms with Gasteiger partial charge in [0.1, 0.15) is 0 Å². The predicted molar refractivity (Wildman–Crippen MR) is 118 cm³/mol. The second kappa shape index (κ2) is 8.11. The van der Waals surface area contributed by atoms with Crippen molar-refractivity contribution in [3.63, 3.8) is 0 Å². The van der Waals surface area contributed by atoms with E-state index in [4.69, 9.17) is 27.9 Å². The Bertz CT molecular complexity index is 1330. The van der Waals surface area contributed by atoms with Gasteiger partial charge in [-0.15, -0.1) is 0 Å². The SMILES string of the molecule is COC(=O)c1ccc(-c2ccc(Cl)cc2Cl)cc1N1C(=O)c2ccc(C(=O)O)cc2C1=O. The number of anilines is 1. The van der Waals surface area contributed by atoms with Crippen LogP contribution in [-0.4, -0.2) is 36.0 Å². The Morgan fingerprint density at radius 3 is 2.22 bits per heavy atom. The number of fused-ring (bicyclic) bond motifs is 1. The summed E-state index contributed by atoms with van der Waals surface area (Å²) in [6.07, 6.45) is 0. The second-order valence-electron chi connectivity index (χ2n) is 6.86. The number of methoxy groups -OCH3 is 1. The van der Waals surface area contributed by atoms with E-state index < -0.39 is 23.8 Å². The van der Waals surface area contributed by atoms with E-state index in [1.54, 1.807) is 24.3 Å². The lowest BCUT2D eigenvalue weighted by atomic mass is 10.0. The Balaban J connectivity index is 1.89. The molecule has 0 radical (unpaired) electrons. The average molecular weight is 470 g/mol. The highest BCUT2D eigenvalue weighted by Gasteiger charge is 2.39. The fraction of sp³-hybridized carbons (Fsp3) is 0.0435. The molecule has 160 valence electrons. The van der Waals surface area contributed by atoms with Crippen LogP contribution in [-0.2, 0) is 4.74 Å². The number of hydrogen-bond acceptors (Lipinski definition) is 5. The third-order valence-electron chi connectivity index (χ3n) is 5.02. The number of carbonyl (C=O) groups is 4. The summed E-state index contributed by atoms with van der Waals surface area (Å²) in [6, 6.07) is 13.0. The molecule has 4 rings (SSSR count). The molecule has 0 bridgehead atoms. The first-order valence-corrected chi connectivity index (χ1v) is 9.92. The van der Waals surface area contributed by atoms with Crippen LogP contribution in [0.15, 0.2) is 54.6 Å². The van der Waals surface area contributed by atoms with Gasteiger partial charge in [-0.3, -0.25) is 9.59 Å². The number of nitrogens with zero attached hydrogens (tertiary/aromatic N) is 1. The maximum atomic E-state index is 13.1. The molecule has 0 aliphatic carbocycles. The predicted octanol–water partition coefficient (Wildman–Crippen LogP) is 4.95. The van der Waals surface area contributed by atoms with E-state index in [2.05, 4.69) is 0 Å². The molecule has 32 heavy (non-hydrogen) atoms. The fourth-order valence-corrected chi connectivity index (χ4v) is 4.00. The Morgan fingerprint density at radius 1 is 0.875 bits per heavy atom. The van der Waals surface area contributed by atoms with Crippen molar-refractivity contribution in [1.82, 2.24) is 0 Å². The van der Waals surface area contributed by atoms with Gasteiger partial charge in [-0.1, -0.05) is 35.3 Å². The van der Waals surface area contributed by atoms with Gasteiger partial charge in [0.2, 0.25) is 0 Å². The minimum absolute atomic E-state index is 0.0107. The highest BCUT2D eigenvalue weighted by atomic mass is 35.5. The lowest BCUT2D eigenvalue weighted by Gasteiger charge is -2.19. The van der Waals surface area contributed by atoms with Crippen molar-refractivity contribution in [3.8, 4) is 11.1 Å². The topological polar surface area (TPSA) is 101 Å². The summed E-state index contributed by atoms with van der Waals surface area (Å²) in [5.74, 6) is -3.43. The maximum Gasteiger partial charge on any atom is 0.339 e. The lowest BCUT2D eigenvalue weighted by molar-refractivity contribution is 0.0600. The molecule has 9 heteroatoms. The number of benzene rings is 3. The number of aromatic carboxylic acids is 1. The third-order valence-corrected chi connectivity index (χ3v) is 5.57. The molecule has 0 unspecified atom stereocenters. The Kier molecular flexibility index (Phi) is 5.46. The number of imide groups is 1. The first kappa shape index (κ1) is 21.5. The van der Waals surface area contributed by atoms with Gasteiger partial charge in [0.15, 0.2) is 0 Å². The van der Waals surface area contributed by atoms with Crippen LogP contribution >= 0.6 is 23.2 Å². The van der Waals surface area contributed by atoms with Crippen LogP contribution < -0.4 is 4.90 Å². The summed E-state index contributed by atoms with van der Waals surface area (Å²) in [5, 5.41) is 9.98. The number of ether oxygens (including phenoxy) is 1. The first-order valence-electron chi connectivity index (χ1n) is 9.17. The molecule has 1 aliphatic heterocycles. The maximum absolute atomic E-state index is 13.1. The minimum atomic E-state index is -1.24. The summed E-state index contributed by atoms with van der Waals surface area (Å²) >= 11 is 12.3. The molecule has 0 aromatic heterocycles. The number of rotatable bonds is 4. The van der Waals surface area contributed by atoms with Crippen LogP contribution in [0.2, 0.25) is 10.0 Å². The number of halogens is 2. The van der Waals surface area contributed by atoms with Gasteiger partial charge < -0.3 is 9.84 Å². The highest BCUT2D eigenvalue weighted by molar-refractivity contribution is 6.37. The Hall–Kier alpha value is -3.68. The van der Waals surface area contributed by atoms with Gasteiger partial charge in [-0.2, -0.15) is 0 Å². The van der Waals surface area contributed by atoms with Crippen molar-refractivity contribution in [2.24, 2.45) is 0 Å². The van der Waals surface area contributed by atoms with Crippen LogP contribution in [0, 0.1) is 0 Å². The molecule has 0 saturated heterocycles. The Labute approximate surface area is 191 Å². The Morgan fingerprint density at radius 2 is 1.56 bits per heavy atom. The number of carbonyl (C=O) groups excluding carboxylic acids is 3. The van der Waals surface area contributed by atoms with Gasteiger partial charge in [-0.05, 0) is 48.0 Å². The second-order valence-corrected chi connectivity index (χ2v) is 7.70. The first-order chi connectivity index (χ1) is 15.2. The fourth-order valence-electron chi connectivity index (χ4n) is 3.48. The van der Waals surface area contributed by atoms with E-state index in [1.165, 1.54) is 31.4 Å². The molecule has 0 fully saturated rings. The van der Waals surface area contributed by atoms with Crippen molar-refractivity contribution < 1.29 is 29.0 Å². The molecule has 2 amide bonds. The number of amides is 2. The van der Waals surface area contributed by atoms with Crippen LogP contribution in [0.1, 0.15) is 41.4 Å². The van der Waals surface area contributed by atoms with Gasteiger partial charge in [-0.25, -0.2) is 14.5 Å². The summed E-state index contributed by atoms with van der Waals surface area (Å²) < 4.78 is 4.81. The molecule has 0 saturated carbocycles. The zero-order valence-electron chi connectivity index (χ0n) is 16.4. The molecule has 7 nitrogen and oxygen atoms in total. The zero-order chi connectivity index (χ0) is 23.2. The molecule has 1 N–H and O–H groups in total. The summed E-state index contributed by atoms with van der Waals surface area (Å²) in [6.45, 7) is 0. The lowest BCUT2D eigenvalue weighted by Crippen LogP contribution is -2.31. The minimum Gasteiger partial charge on any atom is -0.478 e. The van der Waals surface area contributed by atoms with E-state index in [-0.39, 0.29) is 27.9 Å². The van der Waals surface area contributed by atoms with Gasteiger partial charge in [0.05, 0.1) is 35.1 Å². The molecular formula is C23H13Cl2NO6. The molecule has 1 aliphatic rings. The van der Waals surface area contributed by atoms with Crippen LogP contribution in [0.25, 0.3) is 11.1 Å². The van der Waals surface area contributed by atoms with Crippen molar-refractivity contribution >= 4 is 52.6 Å². The monoisotopic (exact) mass is 469 g/mol. The van der Waals surface area contributed by atoms with E-state index in [0.717, 1.165) is 11.0 Å². The van der Waals surface area contributed by atoms with E-state index in [9.17, 15) is 24.3 Å². The number of carboxylic acids is 1. The molecule has 1 heterocycles. The molecule has 3 aromatic carbocycles. The molecule has 0 atom stereocenters. The number of hydrogen-bond donors (Lipinski definition) is 1. The van der Waals surface area contributed by atoms with Gasteiger partial charge >= 0.3 is 11.9 Å². The van der Waals surface area contributed by atoms with Crippen molar-refractivity contribution in [2.75, 3.05) is 12.0 Å². The van der Waals surface area contributed by atoms with Crippen molar-refractivity contribution in [3.05, 3.63) is 86.9 Å². The summed E-state index contributed by atoms with van der Waals surface area (Å²) in [4.78, 5) is 50.7. The van der Waals surface area contributed by atoms with Gasteiger partial charge in [0.25, 0.3) is 11.8 Å². The molecule has 3 aromatic rings. The van der Waals surface area contributed by atoms with Gasteiger partial charge in [0, 0.05) is 15.6 Å². The van der Waals surface area contributed by atoms with Crippen LogP contribution in [0.5, 0.6) is 0 Å². The van der Waals surface area contributed by atoms with E-state index >= 15 is 0 Å². The molecule has 0 spiro atoms. The smallest absolute Gasteiger partial charge is 0.339 e. The normalized spacial score (nSPS) is 12.7. The number of esters is 1. The van der Waals surface area contributed by atoms with Crippen molar-refractivity contribution in [1.29, 1.82) is 0 Å². The van der Waals surface area contributed by atoms with Crippen molar-refractivity contribution in [2.45, 2.75) is 0 Å². The summed E-state index contributed by atoms with van der Waals surface area (Å²) in [7, 11) is 1.18. The largest absolute Gasteiger partial charge is 0.478 e. The quantitative estimate of drug-likeness (QED) is 0.428. The van der Waals surface area contributed by atoms with E-state index in [0.29, 0.717) is 21.2 Å². The average Bonchev–Trinajstić information content (AvgIpc) is 3.02. The van der Waals surface area contributed by atoms with Crippen LogP contribution in [0.4, 0.5) is 5.69 Å².